The predicted octanol–water partition coefficient (Wildman–Crippen LogP) is 15.8. The third-order valence-electron chi connectivity index (χ3n) is 11.9. The van der Waals surface area contributed by atoms with E-state index in [9.17, 15) is 19.8 Å². The van der Waals surface area contributed by atoms with E-state index in [-0.39, 0.29) is 24.9 Å². The molecule has 0 radical (unpaired) electrons. The molecule has 0 saturated carbocycles. The Morgan fingerprint density at radius 3 is 1.33 bits per heavy atom. The van der Waals surface area contributed by atoms with Crippen LogP contribution in [-0.2, 0) is 14.3 Å². The van der Waals surface area contributed by atoms with Gasteiger partial charge in [-0.2, -0.15) is 0 Å². The van der Waals surface area contributed by atoms with Gasteiger partial charge in [0.05, 0.1) is 25.2 Å². The fourth-order valence-electron chi connectivity index (χ4n) is 7.84. The lowest BCUT2D eigenvalue weighted by atomic mass is 10.0. The van der Waals surface area contributed by atoms with Crippen molar-refractivity contribution in [2.75, 3.05) is 6.61 Å². The Labute approximate surface area is 378 Å². The molecule has 0 aliphatic rings. The maximum Gasteiger partial charge on any atom is 0.306 e. The summed E-state index contributed by atoms with van der Waals surface area (Å²) >= 11 is 0. The minimum Gasteiger partial charge on any atom is -0.458 e. The highest BCUT2D eigenvalue weighted by molar-refractivity contribution is 5.78. The van der Waals surface area contributed by atoms with E-state index in [0.29, 0.717) is 12.8 Å². The number of rotatable bonds is 47. The first-order valence-corrected chi connectivity index (χ1v) is 26.4. The van der Waals surface area contributed by atoms with Crippen molar-refractivity contribution < 1.29 is 24.5 Å². The van der Waals surface area contributed by atoms with Gasteiger partial charge in [-0.15, -0.1) is 0 Å². The number of nitrogens with one attached hydrogen (secondary N) is 1. The van der Waals surface area contributed by atoms with Crippen molar-refractivity contribution in [2.24, 2.45) is 0 Å². The van der Waals surface area contributed by atoms with E-state index in [4.69, 9.17) is 4.74 Å². The van der Waals surface area contributed by atoms with E-state index < -0.39 is 18.2 Å². The van der Waals surface area contributed by atoms with Crippen molar-refractivity contribution in [3.8, 4) is 0 Å². The Morgan fingerprint density at radius 2 is 0.869 bits per heavy atom. The Bertz CT molecular complexity index is 1050. The van der Waals surface area contributed by atoms with E-state index in [0.717, 1.165) is 57.8 Å². The van der Waals surface area contributed by atoms with Crippen molar-refractivity contribution in [3.05, 3.63) is 48.6 Å². The van der Waals surface area contributed by atoms with Gasteiger partial charge in [0.2, 0.25) is 5.91 Å². The molecule has 0 fully saturated rings. The van der Waals surface area contributed by atoms with E-state index in [1.165, 1.54) is 167 Å². The summed E-state index contributed by atoms with van der Waals surface area (Å²) in [5.74, 6) is -0.602. The first-order chi connectivity index (χ1) is 30.0. The summed E-state index contributed by atoms with van der Waals surface area (Å²) in [6.45, 7) is 6.42. The Kier molecular flexibility index (Phi) is 47.1. The lowest BCUT2D eigenvalue weighted by Gasteiger charge is -2.23. The van der Waals surface area contributed by atoms with Crippen molar-refractivity contribution in [3.63, 3.8) is 0 Å². The van der Waals surface area contributed by atoms with Gasteiger partial charge in [0.25, 0.3) is 0 Å². The molecule has 0 aliphatic heterocycles. The second-order valence-corrected chi connectivity index (χ2v) is 17.9. The first kappa shape index (κ1) is 58.8. The fourth-order valence-corrected chi connectivity index (χ4v) is 7.84. The summed E-state index contributed by atoms with van der Waals surface area (Å²) in [7, 11) is 0. The number of ether oxygens (including phenoxy) is 1. The molecule has 0 aromatic rings. The SMILES string of the molecule is CCCCC/C=C\C/C=C\CCCCCCCCCCCC(=O)OC(/C=C/C/C=C\CCCCCCCC)CC(=O)NC(CO)C(O)CCCCCCCCCCCCCC. The predicted molar refractivity (Wildman–Crippen MR) is 264 cm³/mol. The highest BCUT2D eigenvalue weighted by Gasteiger charge is 2.23. The summed E-state index contributed by atoms with van der Waals surface area (Å²) in [6.07, 6.45) is 59.2. The van der Waals surface area contributed by atoms with Gasteiger partial charge < -0.3 is 20.3 Å². The maximum atomic E-state index is 13.1. The lowest BCUT2D eigenvalue weighted by molar-refractivity contribution is -0.148. The minimum atomic E-state index is -0.810. The van der Waals surface area contributed by atoms with Crippen LogP contribution in [0.1, 0.15) is 265 Å². The monoisotopic (exact) mass is 856 g/mol. The van der Waals surface area contributed by atoms with Gasteiger partial charge in [0.15, 0.2) is 0 Å². The fraction of sp³-hybridized carbons (Fsp3) is 0.818. The van der Waals surface area contributed by atoms with E-state index >= 15 is 0 Å². The number of amides is 1. The molecule has 61 heavy (non-hydrogen) atoms. The van der Waals surface area contributed by atoms with Crippen LogP contribution in [0.4, 0.5) is 0 Å². The van der Waals surface area contributed by atoms with Gasteiger partial charge in [-0.3, -0.25) is 9.59 Å². The average Bonchev–Trinajstić information content (AvgIpc) is 3.25. The molecule has 0 aromatic heterocycles. The standard InChI is InChI=1S/C55H101NO5/c1-4-7-10-13-16-19-22-24-25-26-27-28-29-30-33-36-39-42-45-48-55(60)61-51(46-43-40-37-34-31-21-18-15-12-9-6-3)49-54(59)56-52(50-57)53(58)47-44-41-38-35-32-23-20-17-14-11-8-5-2/h16,19,24-25,34,37,43,46,51-53,57-58H,4-15,17-18,20-23,26-33,35-36,38-42,44-45,47-50H2,1-3H3,(H,56,59)/b19-16-,25-24-,37-34-,46-43+. The van der Waals surface area contributed by atoms with Gasteiger partial charge in [-0.05, 0) is 70.3 Å². The highest BCUT2D eigenvalue weighted by Crippen LogP contribution is 2.16. The normalized spacial score (nSPS) is 13.6. The van der Waals surface area contributed by atoms with Gasteiger partial charge >= 0.3 is 5.97 Å². The number of carbonyl (C=O) groups excluding carboxylic acids is 2. The molecule has 3 atom stereocenters. The van der Waals surface area contributed by atoms with E-state index in [2.05, 4.69) is 62.5 Å². The maximum absolute atomic E-state index is 13.1. The van der Waals surface area contributed by atoms with Crippen LogP contribution < -0.4 is 5.32 Å². The number of unbranched alkanes of at least 4 members (excludes halogenated alkanes) is 29. The molecule has 0 rings (SSSR count). The zero-order valence-electron chi connectivity index (χ0n) is 40.5. The summed E-state index contributed by atoms with van der Waals surface area (Å²) in [5.41, 5.74) is 0. The molecule has 3 N–H and O–H groups in total. The molecule has 0 heterocycles. The smallest absolute Gasteiger partial charge is 0.306 e. The van der Waals surface area contributed by atoms with Crippen LogP contribution in [0.5, 0.6) is 0 Å². The molecule has 6 nitrogen and oxygen atoms in total. The molecule has 0 aromatic carbocycles. The zero-order chi connectivity index (χ0) is 44.5. The number of allylic oxidation sites excluding steroid dienone is 7. The molecule has 0 bridgehead atoms. The number of hydrogen-bond acceptors (Lipinski definition) is 5. The number of aliphatic hydroxyl groups is 2. The van der Waals surface area contributed by atoms with E-state index in [1.54, 1.807) is 0 Å². The van der Waals surface area contributed by atoms with Gasteiger partial charge in [0, 0.05) is 6.42 Å². The van der Waals surface area contributed by atoms with E-state index in [1.807, 2.05) is 12.2 Å². The van der Waals surface area contributed by atoms with Crippen LogP contribution in [0.15, 0.2) is 48.6 Å². The molecular formula is C55H101NO5. The highest BCUT2D eigenvalue weighted by atomic mass is 16.5. The van der Waals surface area contributed by atoms with Crippen LogP contribution in [0.3, 0.4) is 0 Å². The summed E-state index contributed by atoms with van der Waals surface area (Å²) in [5, 5.41) is 23.7. The molecule has 6 heteroatoms. The average molecular weight is 856 g/mol. The Hall–Kier alpha value is -2.18. The van der Waals surface area contributed by atoms with Crippen LogP contribution in [0.2, 0.25) is 0 Å². The third-order valence-corrected chi connectivity index (χ3v) is 11.9. The van der Waals surface area contributed by atoms with Crippen LogP contribution >= 0.6 is 0 Å². The van der Waals surface area contributed by atoms with Gasteiger partial charge in [0.1, 0.15) is 6.10 Å². The number of carbonyl (C=O) groups is 2. The summed E-state index contributed by atoms with van der Waals surface area (Å²) < 4.78 is 5.83. The number of aliphatic hydroxyl groups excluding tert-OH is 2. The van der Waals surface area contributed by atoms with Crippen molar-refractivity contribution in [1.29, 1.82) is 0 Å². The molecule has 3 unspecified atom stereocenters. The zero-order valence-corrected chi connectivity index (χ0v) is 40.5. The third kappa shape index (κ3) is 44.2. The quantitative estimate of drug-likeness (QED) is 0.0322. The Balaban J connectivity index is 4.55. The minimum absolute atomic E-state index is 0.0294. The van der Waals surface area contributed by atoms with Gasteiger partial charge in [-0.25, -0.2) is 0 Å². The molecule has 1 amide bonds. The van der Waals surface area contributed by atoms with Crippen LogP contribution in [0, 0.1) is 0 Å². The Morgan fingerprint density at radius 1 is 0.492 bits per heavy atom. The van der Waals surface area contributed by atoms with Crippen LogP contribution in [0.25, 0.3) is 0 Å². The number of esters is 1. The molecule has 0 saturated heterocycles. The van der Waals surface area contributed by atoms with Crippen molar-refractivity contribution >= 4 is 11.9 Å². The summed E-state index contributed by atoms with van der Waals surface area (Å²) in [6, 6.07) is -0.731. The van der Waals surface area contributed by atoms with Crippen molar-refractivity contribution in [1.82, 2.24) is 5.32 Å². The number of hydrogen-bond donors (Lipinski definition) is 3. The van der Waals surface area contributed by atoms with Crippen LogP contribution in [-0.4, -0.2) is 46.9 Å². The molecule has 356 valence electrons. The van der Waals surface area contributed by atoms with Gasteiger partial charge in [-0.1, -0.05) is 230 Å². The lowest BCUT2D eigenvalue weighted by Crippen LogP contribution is -2.46. The first-order valence-electron chi connectivity index (χ1n) is 26.4. The summed E-state index contributed by atoms with van der Waals surface area (Å²) in [4.78, 5) is 26.1. The topological polar surface area (TPSA) is 95.9 Å². The molecular weight excluding hydrogens is 755 g/mol. The molecule has 0 aliphatic carbocycles. The second kappa shape index (κ2) is 48.8. The molecule has 0 spiro atoms. The second-order valence-electron chi connectivity index (χ2n) is 17.9. The van der Waals surface area contributed by atoms with Crippen molar-refractivity contribution in [2.45, 2.75) is 283 Å². The largest absolute Gasteiger partial charge is 0.458 e.